The maximum atomic E-state index is 11.6. The van der Waals surface area contributed by atoms with Crippen LogP contribution in [0.2, 0.25) is 0 Å². The molecule has 0 saturated heterocycles. The van der Waals surface area contributed by atoms with Crippen molar-refractivity contribution in [3.05, 3.63) is 29.8 Å². The minimum absolute atomic E-state index is 0.0636. The molecule has 0 spiro atoms. The summed E-state index contributed by atoms with van der Waals surface area (Å²) in [7, 11) is 0. The highest BCUT2D eigenvalue weighted by Crippen LogP contribution is 2.18. The fraction of sp³-hybridized carbons (Fsp3) is 0.500. The molecule has 1 aliphatic carbocycles. The van der Waals surface area contributed by atoms with Crippen LogP contribution in [0.25, 0.3) is 0 Å². The number of hydrogen-bond donors (Lipinski definition) is 2. The molecule has 0 bridgehead atoms. The molecule has 5 heteroatoms. The van der Waals surface area contributed by atoms with E-state index in [1.54, 1.807) is 0 Å². The zero-order valence-corrected chi connectivity index (χ0v) is 12.4. The zero-order valence-electron chi connectivity index (χ0n) is 12.4. The van der Waals surface area contributed by atoms with E-state index in [4.69, 9.17) is 4.74 Å². The zero-order chi connectivity index (χ0) is 15.1. The van der Waals surface area contributed by atoms with Crippen LogP contribution in [0.5, 0.6) is 5.75 Å². The molecule has 21 heavy (non-hydrogen) atoms. The summed E-state index contributed by atoms with van der Waals surface area (Å²) in [5, 5.41) is 5.44. The van der Waals surface area contributed by atoms with Gasteiger partial charge in [-0.3, -0.25) is 9.59 Å². The van der Waals surface area contributed by atoms with Crippen LogP contribution in [-0.2, 0) is 9.59 Å². The Hall–Kier alpha value is -2.04. The molecule has 1 aliphatic rings. The van der Waals surface area contributed by atoms with Gasteiger partial charge in [0.1, 0.15) is 5.75 Å². The largest absolute Gasteiger partial charge is 0.494 e. The molecule has 0 unspecified atom stereocenters. The van der Waals surface area contributed by atoms with E-state index in [2.05, 4.69) is 10.6 Å². The molecule has 5 nitrogen and oxygen atoms in total. The van der Waals surface area contributed by atoms with Gasteiger partial charge in [-0.1, -0.05) is 17.7 Å². The van der Waals surface area contributed by atoms with Crippen molar-refractivity contribution in [3.8, 4) is 5.75 Å². The van der Waals surface area contributed by atoms with Gasteiger partial charge in [-0.25, -0.2) is 0 Å². The van der Waals surface area contributed by atoms with Crippen LogP contribution in [0, 0.1) is 6.92 Å². The molecule has 0 atom stereocenters. The SMILES string of the molecule is Cc1ccc(OCCCC(=O)NCC(=O)NC2CC2)cc1. The van der Waals surface area contributed by atoms with Gasteiger partial charge in [-0.2, -0.15) is 0 Å². The van der Waals surface area contributed by atoms with Crippen LogP contribution >= 0.6 is 0 Å². The molecule has 1 aromatic rings. The summed E-state index contributed by atoms with van der Waals surface area (Å²) in [5.41, 5.74) is 1.19. The third-order valence-electron chi connectivity index (χ3n) is 3.23. The van der Waals surface area contributed by atoms with E-state index in [9.17, 15) is 9.59 Å². The molecule has 2 N–H and O–H groups in total. The first-order valence-corrected chi connectivity index (χ1v) is 7.39. The van der Waals surface area contributed by atoms with Crippen molar-refractivity contribution >= 4 is 11.8 Å². The summed E-state index contributed by atoms with van der Waals surface area (Å²) < 4.78 is 5.54. The summed E-state index contributed by atoms with van der Waals surface area (Å²) in [6.07, 6.45) is 3.10. The van der Waals surface area contributed by atoms with Crippen molar-refractivity contribution in [2.24, 2.45) is 0 Å². The molecule has 1 saturated carbocycles. The van der Waals surface area contributed by atoms with E-state index >= 15 is 0 Å². The first kappa shape index (κ1) is 15.4. The van der Waals surface area contributed by atoms with Gasteiger partial charge >= 0.3 is 0 Å². The molecular weight excluding hydrogens is 268 g/mol. The third-order valence-corrected chi connectivity index (χ3v) is 3.23. The Morgan fingerprint density at radius 2 is 1.90 bits per heavy atom. The maximum absolute atomic E-state index is 11.6. The lowest BCUT2D eigenvalue weighted by Gasteiger charge is -2.07. The minimum Gasteiger partial charge on any atom is -0.494 e. The maximum Gasteiger partial charge on any atom is 0.239 e. The Morgan fingerprint density at radius 3 is 2.57 bits per heavy atom. The predicted octanol–water partition coefficient (Wildman–Crippen LogP) is 1.55. The van der Waals surface area contributed by atoms with Gasteiger partial charge in [0.25, 0.3) is 0 Å². The number of ether oxygens (including phenoxy) is 1. The summed E-state index contributed by atoms with van der Waals surface area (Å²) >= 11 is 0. The number of carbonyl (C=O) groups is 2. The lowest BCUT2D eigenvalue weighted by Crippen LogP contribution is -2.37. The average Bonchev–Trinajstić information content (AvgIpc) is 3.27. The number of rotatable bonds is 8. The second-order valence-corrected chi connectivity index (χ2v) is 5.38. The van der Waals surface area contributed by atoms with E-state index in [1.807, 2.05) is 31.2 Å². The molecule has 0 aliphatic heterocycles. The van der Waals surface area contributed by atoms with Crippen molar-refractivity contribution in [1.82, 2.24) is 10.6 Å². The van der Waals surface area contributed by atoms with Gasteiger partial charge < -0.3 is 15.4 Å². The lowest BCUT2D eigenvalue weighted by atomic mass is 10.2. The van der Waals surface area contributed by atoms with Gasteiger partial charge in [-0.15, -0.1) is 0 Å². The molecule has 0 radical (unpaired) electrons. The van der Waals surface area contributed by atoms with Crippen molar-refractivity contribution in [2.75, 3.05) is 13.2 Å². The summed E-state index contributed by atoms with van der Waals surface area (Å²) in [4.78, 5) is 22.9. The van der Waals surface area contributed by atoms with Crippen molar-refractivity contribution in [1.29, 1.82) is 0 Å². The van der Waals surface area contributed by atoms with E-state index in [0.717, 1.165) is 18.6 Å². The number of amides is 2. The molecule has 114 valence electrons. The van der Waals surface area contributed by atoms with Gasteiger partial charge in [0.2, 0.25) is 11.8 Å². The molecular formula is C16H22N2O3. The highest BCUT2D eigenvalue weighted by Gasteiger charge is 2.23. The van der Waals surface area contributed by atoms with Crippen LogP contribution in [0.15, 0.2) is 24.3 Å². The second-order valence-electron chi connectivity index (χ2n) is 5.38. The first-order valence-electron chi connectivity index (χ1n) is 7.39. The topological polar surface area (TPSA) is 67.4 Å². The third kappa shape index (κ3) is 6.29. The van der Waals surface area contributed by atoms with Crippen LogP contribution in [0.1, 0.15) is 31.2 Å². The van der Waals surface area contributed by atoms with Gasteiger partial charge in [-0.05, 0) is 38.3 Å². The Morgan fingerprint density at radius 1 is 1.19 bits per heavy atom. The highest BCUT2D eigenvalue weighted by atomic mass is 16.5. The monoisotopic (exact) mass is 290 g/mol. The van der Waals surface area contributed by atoms with Crippen molar-refractivity contribution in [3.63, 3.8) is 0 Å². The smallest absolute Gasteiger partial charge is 0.239 e. The molecule has 1 aromatic carbocycles. The summed E-state index contributed by atoms with van der Waals surface area (Å²) in [6.45, 7) is 2.58. The second kappa shape index (κ2) is 7.67. The van der Waals surface area contributed by atoms with Gasteiger partial charge in [0.05, 0.1) is 13.2 Å². The number of aryl methyl sites for hydroxylation is 1. The normalized spacial score (nSPS) is 13.6. The number of hydrogen-bond acceptors (Lipinski definition) is 3. The van der Waals surface area contributed by atoms with Crippen LogP contribution in [-0.4, -0.2) is 31.0 Å². The molecule has 0 aromatic heterocycles. The number of nitrogens with one attached hydrogen (secondary N) is 2. The average molecular weight is 290 g/mol. The van der Waals surface area contributed by atoms with Crippen molar-refractivity contribution < 1.29 is 14.3 Å². The molecule has 1 fully saturated rings. The Labute approximate surface area is 125 Å². The van der Waals surface area contributed by atoms with E-state index in [1.165, 1.54) is 5.56 Å². The highest BCUT2D eigenvalue weighted by molar-refractivity contribution is 5.84. The fourth-order valence-corrected chi connectivity index (χ4v) is 1.83. The standard InChI is InChI=1S/C16H22N2O3/c1-12-4-8-14(9-5-12)21-10-2-3-15(19)17-11-16(20)18-13-6-7-13/h4-5,8-9,13H,2-3,6-7,10-11H2,1H3,(H,17,19)(H,18,20). The van der Waals surface area contributed by atoms with Crippen LogP contribution in [0.4, 0.5) is 0 Å². The Balaban J connectivity index is 1.52. The van der Waals surface area contributed by atoms with E-state index in [0.29, 0.717) is 25.5 Å². The van der Waals surface area contributed by atoms with Crippen LogP contribution < -0.4 is 15.4 Å². The minimum atomic E-state index is -0.117. The lowest BCUT2D eigenvalue weighted by molar-refractivity contribution is -0.126. The summed E-state index contributed by atoms with van der Waals surface area (Å²) in [6, 6.07) is 8.13. The van der Waals surface area contributed by atoms with Crippen LogP contribution in [0.3, 0.4) is 0 Å². The quantitative estimate of drug-likeness (QED) is 0.714. The predicted molar refractivity (Wildman–Crippen MR) is 80.1 cm³/mol. The Bertz CT molecular complexity index is 481. The summed E-state index contributed by atoms with van der Waals surface area (Å²) in [5.74, 6) is 0.583. The van der Waals surface area contributed by atoms with Gasteiger partial charge in [0.15, 0.2) is 0 Å². The van der Waals surface area contributed by atoms with E-state index < -0.39 is 0 Å². The molecule has 2 amide bonds. The molecule has 2 rings (SSSR count). The first-order chi connectivity index (χ1) is 10.1. The fourth-order valence-electron chi connectivity index (χ4n) is 1.83. The number of carbonyl (C=O) groups excluding carboxylic acids is 2. The van der Waals surface area contributed by atoms with Gasteiger partial charge in [0, 0.05) is 12.5 Å². The molecule has 0 heterocycles. The number of benzene rings is 1. The van der Waals surface area contributed by atoms with E-state index in [-0.39, 0.29) is 18.4 Å². The Kier molecular flexibility index (Phi) is 5.60. The van der Waals surface area contributed by atoms with Crippen molar-refractivity contribution in [2.45, 2.75) is 38.6 Å².